The zero-order valence-electron chi connectivity index (χ0n) is 15.2. The molecule has 0 aliphatic rings. The van der Waals surface area contributed by atoms with E-state index >= 15 is 0 Å². The van der Waals surface area contributed by atoms with E-state index in [2.05, 4.69) is 9.97 Å². The first-order valence-corrected chi connectivity index (χ1v) is 10.9. The predicted octanol–water partition coefficient (Wildman–Crippen LogP) is 4.70. The molecule has 9 heteroatoms. The van der Waals surface area contributed by atoms with Gasteiger partial charge in [-0.25, -0.2) is 22.2 Å². The van der Waals surface area contributed by atoms with E-state index in [9.17, 15) is 17.2 Å². The number of hydrogen-bond acceptors (Lipinski definition) is 6. The highest BCUT2D eigenvalue weighted by Gasteiger charge is 2.25. The Morgan fingerprint density at radius 3 is 2.43 bits per heavy atom. The molecule has 3 rings (SSSR count). The van der Waals surface area contributed by atoms with E-state index in [1.165, 1.54) is 18.3 Å². The third kappa shape index (κ3) is 4.71. The van der Waals surface area contributed by atoms with Crippen molar-refractivity contribution in [3.05, 3.63) is 48.7 Å². The van der Waals surface area contributed by atoms with Crippen molar-refractivity contribution in [1.82, 2.24) is 9.97 Å². The Kier molecular flexibility index (Phi) is 5.76. The summed E-state index contributed by atoms with van der Waals surface area (Å²) in [5, 5.41) is 0.565. The standard InChI is InChI=1S/C19H18F2N2O3S2/c1-3-28(24,25)18-16(23-17(27-18)13-7-5-4-6-8-13)15-10-9-14(11-22-15)26-12-19(2,20)21/h4-11H,3,12H2,1-2H3. The van der Waals surface area contributed by atoms with Crippen molar-refractivity contribution in [2.75, 3.05) is 12.4 Å². The molecule has 0 bridgehead atoms. The summed E-state index contributed by atoms with van der Waals surface area (Å²) in [5.41, 5.74) is 1.38. The number of sulfone groups is 1. The average molecular weight is 424 g/mol. The lowest BCUT2D eigenvalue weighted by Crippen LogP contribution is -2.20. The molecule has 0 unspecified atom stereocenters. The van der Waals surface area contributed by atoms with Gasteiger partial charge < -0.3 is 4.74 Å². The molecule has 2 heterocycles. The maximum atomic E-state index is 12.9. The van der Waals surface area contributed by atoms with Gasteiger partial charge in [-0.3, -0.25) is 4.98 Å². The lowest BCUT2D eigenvalue weighted by molar-refractivity contribution is -0.0230. The van der Waals surface area contributed by atoms with Crippen molar-refractivity contribution >= 4 is 21.2 Å². The summed E-state index contributed by atoms with van der Waals surface area (Å²) in [4.78, 5) is 8.67. The maximum absolute atomic E-state index is 12.9. The van der Waals surface area contributed by atoms with Crippen LogP contribution >= 0.6 is 11.3 Å². The normalized spacial score (nSPS) is 12.1. The van der Waals surface area contributed by atoms with Crippen LogP contribution in [-0.2, 0) is 9.84 Å². The van der Waals surface area contributed by atoms with Gasteiger partial charge in [0.05, 0.1) is 17.6 Å². The summed E-state index contributed by atoms with van der Waals surface area (Å²) >= 11 is 1.09. The van der Waals surface area contributed by atoms with Gasteiger partial charge in [0.25, 0.3) is 5.92 Å². The Morgan fingerprint density at radius 2 is 1.86 bits per heavy atom. The number of benzene rings is 1. The number of hydrogen-bond donors (Lipinski definition) is 0. The second kappa shape index (κ2) is 7.92. The number of aromatic nitrogens is 2. The molecule has 5 nitrogen and oxygen atoms in total. The lowest BCUT2D eigenvalue weighted by atomic mass is 10.2. The molecule has 0 radical (unpaired) electrons. The van der Waals surface area contributed by atoms with Crippen molar-refractivity contribution in [1.29, 1.82) is 0 Å². The van der Waals surface area contributed by atoms with E-state index in [1.807, 2.05) is 30.3 Å². The summed E-state index contributed by atoms with van der Waals surface area (Å²) in [7, 11) is -3.52. The molecule has 0 atom stereocenters. The van der Waals surface area contributed by atoms with Crippen LogP contribution in [0.15, 0.2) is 52.9 Å². The minimum absolute atomic E-state index is 0.0663. The molecule has 0 saturated heterocycles. The smallest absolute Gasteiger partial charge is 0.278 e. The fourth-order valence-corrected chi connectivity index (χ4v) is 4.95. The third-order valence-electron chi connectivity index (χ3n) is 3.75. The molecule has 28 heavy (non-hydrogen) atoms. The Balaban J connectivity index is 1.99. The van der Waals surface area contributed by atoms with Gasteiger partial charge in [-0.15, -0.1) is 11.3 Å². The van der Waals surface area contributed by atoms with E-state index in [0.717, 1.165) is 23.8 Å². The highest BCUT2D eigenvalue weighted by atomic mass is 32.2. The topological polar surface area (TPSA) is 69.2 Å². The van der Waals surface area contributed by atoms with Crippen molar-refractivity contribution in [3.8, 4) is 27.7 Å². The maximum Gasteiger partial charge on any atom is 0.278 e. The molecule has 3 aromatic rings. The Bertz CT molecular complexity index is 1050. The summed E-state index contributed by atoms with van der Waals surface area (Å²) in [5.74, 6) is -2.85. The number of pyridine rings is 1. The molecular formula is C19H18F2N2O3S2. The first-order chi connectivity index (χ1) is 13.2. The van der Waals surface area contributed by atoms with Crippen LogP contribution in [0.4, 0.5) is 8.78 Å². The number of thiazole rings is 1. The minimum Gasteiger partial charge on any atom is -0.486 e. The molecule has 1 aromatic carbocycles. The molecule has 0 N–H and O–H groups in total. The zero-order valence-corrected chi connectivity index (χ0v) is 16.9. The third-order valence-corrected chi connectivity index (χ3v) is 7.18. The molecule has 0 fully saturated rings. The first-order valence-electron chi connectivity index (χ1n) is 8.45. The van der Waals surface area contributed by atoms with Gasteiger partial charge in [0.1, 0.15) is 20.7 Å². The number of nitrogens with zero attached hydrogens (tertiary/aromatic N) is 2. The minimum atomic E-state index is -3.52. The molecule has 0 aliphatic carbocycles. The molecule has 0 amide bonds. The highest BCUT2D eigenvalue weighted by Crippen LogP contribution is 2.37. The molecule has 0 saturated carbocycles. The lowest BCUT2D eigenvalue weighted by Gasteiger charge is -2.11. The van der Waals surface area contributed by atoms with Crippen LogP contribution in [0.2, 0.25) is 0 Å². The molecular weight excluding hydrogens is 406 g/mol. The quantitative estimate of drug-likeness (QED) is 0.550. The molecule has 0 spiro atoms. The first kappa shape index (κ1) is 20.3. The summed E-state index contributed by atoms with van der Waals surface area (Å²) in [6, 6.07) is 12.2. The van der Waals surface area contributed by atoms with Crippen LogP contribution in [0.5, 0.6) is 5.75 Å². The average Bonchev–Trinajstić information content (AvgIpc) is 3.13. The fourth-order valence-electron chi connectivity index (χ4n) is 2.33. The van der Waals surface area contributed by atoms with E-state index < -0.39 is 22.4 Å². The van der Waals surface area contributed by atoms with Crippen molar-refractivity contribution < 1.29 is 21.9 Å². The fraction of sp³-hybridized carbons (Fsp3) is 0.263. The summed E-state index contributed by atoms with van der Waals surface area (Å²) in [6.07, 6.45) is 1.28. The highest BCUT2D eigenvalue weighted by molar-refractivity contribution is 7.93. The SMILES string of the molecule is CCS(=O)(=O)c1sc(-c2ccccc2)nc1-c1ccc(OCC(C)(F)F)cn1. The van der Waals surface area contributed by atoms with Gasteiger partial charge in [-0.2, -0.15) is 0 Å². The van der Waals surface area contributed by atoms with Gasteiger partial charge in [-0.05, 0) is 12.1 Å². The molecule has 2 aromatic heterocycles. The Morgan fingerprint density at radius 1 is 1.14 bits per heavy atom. The van der Waals surface area contributed by atoms with E-state index in [0.29, 0.717) is 10.7 Å². The number of alkyl halides is 2. The van der Waals surface area contributed by atoms with Gasteiger partial charge in [0.15, 0.2) is 16.4 Å². The van der Waals surface area contributed by atoms with Gasteiger partial charge in [-0.1, -0.05) is 37.3 Å². The number of rotatable bonds is 7. The van der Waals surface area contributed by atoms with Crippen molar-refractivity contribution in [2.24, 2.45) is 0 Å². The van der Waals surface area contributed by atoms with Crippen LogP contribution < -0.4 is 4.74 Å². The van der Waals surface area contributed by atoms with E-state index in [-0.39, 0.29) is 21.4 Å². The van der Waals surface area contributed by atoms with Crippen LogP contribution in [0.3, 0.4) is 0 Å². The van der Waals surface area contributed by atoms with Crippen LogP contribution in [0, 0.1) is 0 Å². The number of halogens is 2. The molecule has 148 valence electrons. The van der Waals surface area contributed by atoms with Gasteiger partial charge in [0.2, 0.25) is 0 Å². The zero-order chi connectivity index (χ0) is 20.4. The predicted molar refractivity (Wildman–Crippen MR) is 105 cm³/mol. The van der Waals surface area contributed by atoms with E-state index in [4.69, 9.17) is 4.74 Å². The van der Waals surface area contributed by atoms with Gasteiger partial charge >= 0.3 is 0 Å². The number of ether oxygens (including phenoxy) is 1. The van der Waals surface area contributed by atoms with Crippen molar-refractivity contribution in [2.45, 2.75) is 24.0 Å². The molecule has 0 aliphatic heterocycles. The van der Waals surface area contributed by atoms with Crippen LogP contribution in [-0.4, -0.2) is 36.7 Å². The Hall–Kier alpha value is -2.39. The summed E-state index contributed by atoms with van der Waals surface area (Å²) < 4.78 is 56.1. The second-order valence-corrected chi connectivity index (χ2v) is 9.64. The van der Waals surface area contributed by atoms with E-state index in [1.54, 1.807) is 6.92 Å². The largest absolute Gasteiger partial charge is 0.486 e. The summed E-state index contributed by atoms with van der Waals surface area (Å²) in [6.45, 7) is 1.56. The van der Waals surface area contributed by atoms with Crippen LogP contribution in [0.25, 0.3) is 22.0 Å². The monoisotopic (exact) mass is 424 g/mol. The van der Waals surface area contributed by atoms with Gasteiger partial charge in [0, 0.05) is 12.5 Å². The van der Waals surface area contributed by atoms with Crippen molar-refractivity contribution in [3.63, 3.8) is 0 Å². The second-order valence-electron chi connectivity index (χ2n) is 6.16. The van der Waals surface area contributed by atoms with Crippen LogP contribution in [0.1, 0.15) is 13.8 Å². The Labute approximate surface area is 166 Å².